The van der Waals surface area contributed by atoms with E-state index in [1.54, 1.807) is 0 Å². The first-order valence-corrected chi connectivity index (χ1v) is 8.53. The number of amides is 1. The Kier molecular flexibility index (Phi) is 14.4. The number of carbonyl (C=O) groups excluding carboxylic acids is 1. The van der Waals surface area contributed by atoms with Gasteiger partial charge in [-0.25, -0.2) is 0 Å². The molecule has 138 valence electrons. The summed E-state index contributed by atoms with van der Waals surface area (Å²) >= 11 is 0. The Hall–Kier alpha value is -0.690. The zero-order valence-corrected chi connectivity index (χ0v) is 15.3. The monoisotopic (exact) mass is 333 g/mol. The predicted octanol–water partition coefficient (Wildman–Crippen LogP) is 2.02. The van der Waals surface area contributed by atoms with Crippen molar-refractivity contribution in [1.82, 2.24) is 5.32 Å². The number of ether oxygens (including phenoxy) is 4. The van der Waals surface area contributed by atoms with Gasteiger partial charge < -0.3 is 24.3 Å². The average Bonchev–Trinajstić information content (AvgIpc) is 2.49. The van der Waals surface area contributed by atoms with Gasteiger partial charge in [0.2, 0.25) is 5.91 Å². The van der Waals surface area contributed by atoms with E-state index < -0.39 is 0 Å². The van der Waals surface area contributed by atoms with Crippen LogP contribution in [-0.4, -0.2) is 65.3 Å². The van der Waals surface area contributed by atoms with Gasteiger partial charge >= 0.3 is 0 Å². The minimum atomic E-state index is 0.0273. The SMILES string of the molecule is CCCOCCOCCOCCOCCC(=O)NCC(C)(C)C. The van der Waals surface area contributed by atoms with Crippen molar-refractivity contribution in [2.75, 3.05) is 59.4 Å². The normalized spacial score (nSPS) is 11.7. The van der Waals surface area contributed by atoms with E-state index in [1.807, 2.05) is 0 Å². The molecule has 6 nitrogen and oxygen atoms in total. The topological polar surface area (TPSA) is 66.0 Å². The second kappa shape index (κ2) is 14.9. The van der Waals surface area contributed by atoms with Crippen molar-refractivity contribution in [1.29, 1.82) is 0 Å². The molecule has 0 unspecified atom stereocenters. The molecule has 0 atom stereocenters. The smallest absolute Gasteiger partial charge is 0.222 e. The van der Waals surface area contributed by atoms with Crippen molar-refractivity contribution < 1.29 is 23.7 Å². The van der Waals surface area contributed by atoms with Gasteiger partial charge in [-0.3, -0.25) is 4.79 Å². The van der Waals surface area contributed by atoms with Crippen LogP contribution in [0.1, 0.15) is 40.5 Å². The van der Waals surface area contributed by atoms with Crippen LogP contribution in [0, 0.1) is 5.41 Å². The highest BCUT2D eigenvalue weighted by Crippen LogP contribution is 2.10. The molecule has 0 spiro atoms. The van der Waals surface area contributed by atoms with Gasteiger partial charge in [0.25, 0.3) is 0 Å². The lowest BCUT2D eigenvalue weighted by Crippen LogP contribution is -2.32. The summed E-state index contributed by atoms with van der Waals surface area (Å²) < 4.78 is 21.4. The van der Waals surface area contributed by atoms with E-state index >= 15 is 0 Å². The van der Waals surface area contributed by atoms with Gasteiger partial charge in [0.15, 0.2) is 0 Å². The van der Waals surface area contributed by atoms with Gasteiger partial charge in [-0.1, -0.05) is 27.7 Å². The second-order valence-electron chi connectivity index (χ2n) is 6.54. The van der Waals surface area contributed by atoms with Gasteiger partial charge in [-0.05, 0) is 11.8 Å². The van der Waals surface area contributed by atoms with Crippen LogP contribution in [0.25, 0.3) is 0 Å². The number of carbonyl (C=O) groups is 1. The third-order valence-electron chi connectivity index (χ3n) is 2.75. The lowest BCUT2D eigenvalue weighted by Gasteiger charge is -2.18. The molecule has 0 aliphatic carbocycles. The van der Waals surface area contributed by atoms with Gasteiger partial charge in [0.1, 0.15) is 0 Å². The summed E-state index contributed by atoms with van der Waals surface area (Å²) in [4.78, 5) is 11.5. The van der Waals surface area contributed by atoms with E-state index in [2.05, 4.69) is 33.0 Å². The zero-order valence-electron chi connectivity index (χ0n) is 15.3. The lowest BCUT2D eigenvalue weighted by atomic mass is 9.97. The summed E-state index contributed by atoms with van der Waals surface area (Å²) in [7, 11) is 0. The molecule has 0 saturated heterocycles. The number of rotatable bonds is 15. The molecule has 0 rings (SSSR count). The number of hydrogen-bond donors (Lipinski definition) is 1. The van der Waals surface area contributed by atoms with E-state index in [1.165, 1.54) is 0 Å². The molecular formula is C17H35NO5. The third kappa shape index (κ3) is 19.3. The molecule has 0 fully saturated rings. The Balaban J connectivity index is 3.17. The van der Waals surface area contributed by atoms with Crippen LogP contribution in [0.15, 0.2) is 0 Å². The standard InChI is InChI=1S/C17H35NO5/c1-5-7-20-9-11-22-13-14-23-12-10-21-8-6-16(19)18-15-17(2,3)4/h5-15H2,1-4H3,(H,18,19). The van der Waals surface area contributed by atoms with E-state index in [0.29, 0.717) is 59.2 Å². The van der Waals surface area contributed by atoms with Crippen LogP contribution in [0.3, 0.4) is 0 Å². The van der Waals surface area contributed by atoms with Crippen LogP contribution >= 0.6 is 0 Å². The largest absolute Gasteiger partial charge is 0.379 e. The molecule has 0 aliphatic rings. The van der Waals surface area contributed by atoms with Crippen LogP contribution in [0.5, 0.6) is 0 Å². The average molecular weight is 333 g/mol. The molecule has 6 heteroatoms. The first-order chi connectivity index (χ1) is 11.0. The van der Waals surface area contributed by atoms with E-state index in [9.17, 15) is 4.79 Å². The molecule has 0 radical (unpaired) electrons. The molecule has 1 amide bonds. The first kappa shape index (κ1) is 22.3. The van der Waals surface area contributed by atoms with Gasteiger partial charge in [0, 0.05) is 19.6 Å². The summed E-state index contributed by atoms with van der Waals surface area (Å²) in [6, 6.07) is 0. The summed E-state index contributed by atoms with van der Waals surface area (Å²) in [5.41, 5.74) is 0.106. The quantitative estimate of drug-likeness (QED) is 0.464. The Labute approximate surface area is 141 Å². The molecule has 1 N–H and O–H groups in total. The van der Waals surface area contributed by atoms with Crippen LogP contribution < -0.4 is 5.32 Å². The van der Waals surface area contributed by atoms with Crippen molar-refractivity contribution in [3.05, 3.63) is 0 Å². The highest BCUT2D eigenvalue weighted by atomic mass is 16.6. The maximum atomic E-state index is 11.5. The van der Waals surface area contributed by atoms with Gasteiger partial charge in [-0.2, -0.15) is 0 Å². The van der Waals surface area contributed by atoms with Crippen molar-refractivity contribution >= 4 is 5.91 Å². The summed E-state index contributed by atoms with van der Waals surface area (Å²) in [5.74, 6) is 0.0273. The van der Waals surface area contributed by atoms with Crippen LogP contribution in [0.2, 0.25) is 0 Å². The van der Waals surface area contributed by atoms with Crippen molar-refractivity contribution in [2.45, 2.75) is 40.5 Å². The molecule has 23 heavy (non-hydrogen) atoms. The fourth-order valence-corrected chi connectivity index (χ4v) is 1.52. The highest BCUT2D eigenvalue weighted by molar-refractivity contribution is 5.75. The Morgan fingerprint density at radius 3 is 1.65 bits per heavy atom. The zero-order chi connectivity index (χ0) is 17.4. The third-order valence-corrected chi connectivity index (χ3v) is 2.75. The Morgan fingerprint density at radius 1 is 0.783 bits per heavy atom. The Morgan fingerprint density at radius 2 is 1.22 bits per heavy atom. The Bertz CT molecular complexity index is 279. The first-order valence-electron chi connectivity index (χ1n) is 8.53. The van der Waals surface area contributed by atoms with Gasteiger partial charge in [0.05, 0.1) is 46.2 Å². The molecular weight excluding hydrogens is 298 g/mol. The molecule has 0 aromatic carbocycles. The molecule has 0 heterocycles. The molecule has 0 aliphatic heterocycles. The van der Waals surface area contributed by atoms with Crippen molar-refractivity contribution in [3.63, 3.8) is 0 Å². The van der Waals surface area contributed by atoms with Crippen molar-refractivity contribution in [2.24, 2.45) is 5.41 Å². The van der Waals surface area contributed by atoms with Crippen LogP contribution in [0.4, 0.5) is 0 Å². The fraction of sp³-hybridized carbons (Fsp3) is 0.941. The maximum absolute atomic E-state index is 11.5. The van der Waals surface area contributed by atoms with E-state index in [-0.39, 0.29) is 11.3 Å². The minimum Gasteiger partial charge on any atom is -0.379 e. The number of hydrogen-bond acceptors (Lipinski definition) is 5. The highest BCUT2D eigenvalue weighted by Gasteiger charge is 2.11. The lowest BCUT2D eigenvalue weighted by molar-refractivity contribution is -0.122. The summed E-state index contributed by atoms with van der Waals surface area (Å²) in [5, 5.41) is 2.89. The van der Waals surface area contributed by atoms with E-state index in [0.717, 1.165) is 13.0 Å². The van der Waals surface area contributed by atoms with Gasteiger partial charge in [-0.15, -0.1) is 0 Å². The maximum Gasteiger partial charge on any atom is 0.222 e. The molecule has 0 aromatic heterocycles. The number of nitrogens with one attached hydrogen (secondary N) is 1. The predicted molar refractivity (Wildman–Crippen MR) is 90.6 cm³/mol. The van der Waals surface area contributed by atoms with Crippen LogP contribution in [-0.2, 0) is 23.7 Å². The van der Waals surface area contributed by atoms with E-state index in [4.69, 9.17) is 18.9 Å². The summed E-state index contributed by atoms with van der Waals surface area (Å²) in [6.07, 6.45) is 1.41. The molecule has 0 bridgehead atoms. The molecule has 0 saturated carbocycles. The fourth-order valence-electron chi connectivity index (χ4n) is 1.52. The second-order valence-corrected chi connectivity index (χ2v) is 6.54. The van der Waals surface area contributed by atoms with Crippen molar-refractivity contribution in [3.8, 4) is 0 Å². The molecule has 0 aromatic rings. The minimum absolute atomic E-state index is 0.0273. The summed E-state index contributed by atoms with van der Waals surface area (Å²) in [6.45, 7) is 13.6.